The van der Waals surface area contributed by atoms with Crippen molar-refractivity contribution in [3.63, 3.8) is 0 Å². The van der Waals surface area contributed by atoms with Gasteiger partial charge in [-0.05, 0) is 41.5 Å². The van der Waals surface area contributed by atoms with E-state index in [1.165, 1.54) is 10.9 Å². The van der Waals surface area contributed by atoms with E-state index >= 15 is 0 Å². The third-order valence-corrected chi connectivity index (χ3v) is 4.72. The predicted octanol–water partition coefficient (Wildman–Crippen LogP) is 2.95. The molecule has 13 heteroatoms. The molecule has 0 fully saturated rings. The molecule has 3 aromatic heterocycles. The Morgan fingerprint density at radius 2 is 2.07 bits per heavy atom. The highest BCUT2D eigenvalue weighted by Crippen LogP contribution is 2.31. The Morgan fingerprint density at radius 3 is 2.73 bits per heavy atom. The summed E-state index contributed by atoms with van der Waals surface area (Å²) in [6, 6.07) is 8.18. The number of aromatic nitrogens is 5. The van der Waals surface area contributed by atoms with Crippen molar-refractivity contribution in [1.82, 2.24) is 30.7 Å². The van der Waals surface area contributed by atoms with Crippen LogP contribution < -0.4 is 11.2 Å². The van der Waals surface area contributed by atoms with Gasteiger partial charge in [-0.25, -0.2) is 10.1 Å². The second-order valence-electron chi connectivity index (χ2n) is 5.92. The van der Waals surface area contributed by atoms with E-state index in [0.29, 0.717) is 22.1 Å². The highest BCUT2D eigenvalue weighted by atomic mass is 35.5. The average Bonchev–Trinajstić information content (AvgIpc) is 3.48. The Hall–Kier alpha value is -3.70. The van der Waals surface area contributed by atoms with Gasteiger partial charge in [0.25, 0.3) is 5.91 Å². The van der Waals surface area contributed by atoms with Crippen molar-refractivity contribution < 1.29 is 13.8 Å². The Bertz CT molecular complexity index is 1250. The van der Waals surface area contributed by atoms with Crippen molar-refractivity contribution in [3.8, 4) is 17.1 Å². The predicted molar refractivity (Wildman–Crippen MR) is 107 cm³/mol. The van der Waals surface area contributed by atoms with Crippen LogP contribution >= 0.6 is 23.2 Å². The van der Waals surface area contributed by atoms with E-state index in [4.69, 9.17) is 33.4 Å². The fraction of sp³-hybridized carbons (Fsp3) is 0.0588. The lowest BCUT2D eigenvalue weighted by molar-refractivity contribution is 0.0950. The zero-order valence-electron chi connectivity index (χ0n) is 15.2. The number of nitrogens with zero attached hydrogens (tertiary/aromatic N) is 6. The van der Waals surface area contributed by atoms with E-state index in [0.717, 1.165) is 0 Å². The molecular weight excluding hydrogens is 435 g/mol. The van der Waals surface area contributed by atoms with Crippen LogP contribution in [0.25, 0.3) is 17.1 Å². The molecule has 0 bridgehead atoms. The van der Waals surface area contributed by atoms with Gasteiger partial charge in [0.05, 0.1) is 16.3 Å². The summed E-state index contributed by atoms with van der Waals surface area (Å²) in [7, 11) is 0. The number of halogens is 2. The number of carbonyl (C=O) groups is 1. The van der Waals surface area contributed by atoms with E-state index in [2.05, 4.69) is 35.8 Å². The molecule has 1 amide bonds. The van der Waals surface area contributed by atoms with Gasteiger partial charge in [0.15, 0.2) is 5.69 Å². The number of nitrogens with two attached hydrogens (primary N) is 1. The molecule has 4 aromatic rings. The minimum atomic E-state index is -0.636. The molecule has 0 aliphatic carbocycles. The second-order valence-corrected chi connectivity index (χ2v) is 6.73. The Balaban J connectivity index is 1.77. The first-order valence-electron chi connectivity index (χ1n) is 8.33. The molecule has 0 saturated heterocycles. The summed E-state index contributed by atoms with van der Waals surface area (Å²) >= 11 is 12.2. The zero-order chi connectivity index (χ0) is 21.3. The largest absolute Gasteiger partial charge is 0.463 e. The summed E-state index contributed by atoms with van der Waals surface area (Å²) in [5.41, 5.74) is 9.31. The molecule has 4 rings (SSSR count). The molecule has 3 heterocycles. The first-order chi connectivity index (χ1) is 14.5. The van der Waals surface area contributed by atoms with Crippen LogP contribution in [0, 0.1) is 0 Å². The van der Waals surface area contributed by atoms with Gasteiger partial charge in [-0.2, -0.15) is 9.78 Å². The van der Waals surface area contributed by atoms with Crippen LogP contribution in [0.3, 0.4) is 0 Å². The van der Waals surface area contributed by atoms with Gasteiger partial charge in [-0.15, -0.1) is 5.10 Å². The van der Waals surface area contributed by atoms with Gasteiger partial charge in [0.2, 0.25) is 11.6 Å². The van der Waals surface area contributed by atoms with Crippen LogP contribution in [-0.2, 0) is 0 Å². The van der Waals surface area contributed by atoms with Gasteiger partial charge in [-0.3, -0.25) is 4.79 Å². The van der Waals surface area contributed by atoms with Gasteiger partial charge >= 0.3 is 0 Å². The normalized spacial score (nSPS) is 11.6. The number of nitrogen functional groups attached to an aromatic ring is 1. The van der Waals surface area contributed by atoms with Crippen LogP contribution in [0.2, 0.25) is 10.0 Å². The van der Waals surface area contributed by atoms with Crippen molar-refractivity contribution in [1.29, 1.82) is 0 Å². The number of furan rings is 1. The molecule has 0 saturated carbocycles. The SMILES string of the molecule is C/C(=N/NC(=O)c1nnn(-c2nonc2N)c1-c1ccc(Cl)c(Cl)c1)c1ccco1. The highest BCUT2D eigenvalue weighted by molar-refractivity contribution is 6.42. The van der Waals surface area contributed by atoms with Crippen molar-refractivity contribution in [2.45, 2.75) is 6.92 Å². The van der Waals surface area contributed by atoms with Crippen molar-refractivity contribution in [2.24, 2.45) is 5.10 Å². The van der Waals surface area contributed by atoms with Crippen molar-refractivity contribution in [3.05, 3.63) is 58.1 Å². The smallest absolute Gasteiger partial charge is 0.294 e. The van der Waals surface area contributed by atoms with Crippen molar-refractivity contribution in [2.75, 3.05) is 5.73 Å². The number of hydrogen-bond acceptors (Lipinski definition) is 9. The van der Waals surface area contributed by atoms with Gasteiger partial charge in [0, 0.05) is 5.56 Å². The minimum absolute atomic E-state index is 0.0418. The van der Waals surface area contributed by atoms with Crippen LogP contribution in [0.5, 0.6) is 0 Å². The molecule has 30 heavy (non-hydrogen) atoms. The summed E-state index contributed by atoms with van der Waals surface area (Å²) in [5.74, 6) is -0.119. The average molecular weight is 447 g/mol. The Kier molecular flexibility index (Phi) is 5.21. The standard InChI is InChI=1S/C17H12Cl2N8O3/c1-8(12-3-2-6-29-12)21-23-17(28)13-14(9-4-5-10(18)11(19)7-9)27(26-22-13)16-15(20)24-30-25-16/h2-7H,1H3,(H2,20,24)(H,23,28)/b21-8-. The summed E-state index contributed by atoms with van der Waals surface area (Å²) in [6.07, 6.45) is 1.50. The number of anilines is 1. The van der Waals surface area contributed by atoms with Crippen LogP contribution in [0.4, 0.5) is 5.82 Å². The van der Waals surface area contributed by atoms with E-state index < -0.39 is 5.91 Å². The molecule has 0 unspecified atom stereocenters. The number of benzene rings is 1. The molecule has 1 aromatic carbocycles. The molecular formula is C17H12Cl2N8O3. The number of amides is 1. The second kappa shape index (κ2) is 7.97. The topological polar surface area (TPSA) is 150 Å². The molecule has 0 atom stereocenters. The van der Waals surface area contributed by atoms with Gasteiger partial charge < -0.3 is 10.2 Å². The third kappa shape index (κ3) is 3.63. The highest BCUT2D eigenvalue weighted by Gasteiger charge is 2.25. The van der Waals surface area contributed by atoms with Crippen molar-refractivity contribution >= 4 is 40.6 Å². The lowest BCUT2D eigenvalue weighted by atomic mass is 10.1. The minimum Gasteiger partial charge on any atom is -0.463 e. The molecule has 152 valence electrons. The van der Waals surface area contributed by atoms with Gasteiger partial charge in [-0.1, -0.05) is 34.5 Å². The monoisotopic (exact) mass is 446 g/mol. The number of rotatable bonds is 5. The number of nitrogens with one attached hydrogen (secondary N) is 1. The maximum absolute atomic E-state index is 12.8. The van der Waals surface area contributed by atoms with Crippen LogP contribution in [0.15, 0.2) is 50.7 Å². The molecule has 0 radical (unpaired) electrons. The fourth-order valence-electron chi connectivity index (χ4n) is 2.55. The molecule has 0 spiro atoms. The van der Waals surface area contributed by atoms with E-state index in [1.807, 2.05) is 0 Å². The summed E-state index contributed by atoms with van der Waals surface area (Å²) in [6.45, 7) is 1.68. The fourth-order valence-corrected chi connectivity index (χ4v) is 2.85. The van der Waals surface area contributed by atoms with Crippen LogP contribution in [0.1, 0.15) is 23.2 Å². The first kappa shape index (κ1) is 19.6. The molecule has 11 nitrogen and oxygen atoms in total. The Labute approximate surface area is 178 Å². The van der Waals surface area contributed by atoms with E-state index in [-0.39, 0.29) is 28.0 Å². The molecule has 3 N–H and O–H groups in total. The lowest BCUT2D eigenvalue weighted by Crippen LogP contribution is -2.20. The van der Waals surface area contributed by atoms with Gasteiger partial charge in [0.1, 0.15) is 17.2 Å². The third-order valence-electron chi connectivity index (χ3n) is 3.98. The molecule has 0 aliphatic heterocycles. The van der Waals surface area contributed by atoms with E-state index in [1.54, 1.807) is 37.3 Å². The maximum Gasteiger partial charge on any atom is 0.294 e. The zero-order valence-corrected chi connectivity index (χ0v) is 16.7. The summed E-state index contributed by atoms with van der Waals surface area (Å²) in [4.78, 5) is 12.8. The van der Waals surface area contributed by atoms with E-state index in [9.17, 15) is 4.79 Å². The lowest BCUT2D eigenvalue weighted by Gasteiger charge is -2.07. The quantitative estimate of drug-likeness (QED) is 0.350. The number of carbonyl (C=O) groups excluding carboxylic acids is 1. The summed E-state index contributed by atoms with van der Waals surface area (Å²) in [5, 5.41) is 19.8. The van der Waals surface area contributed by atoms with Crippen LogP contribution in [-0.4, -0.2) is 36.9 Å². The number of hydrazone groups is 1. The first-order valence-corrected chi connectivity index (χ1v) is 9.09. The molecule has 0 aliphatic rings. The number of hydrogen-bond donors (Lipinski definition) is 2. The summed E-state index contributed by atoms with van der Waals surface area (Å²) < 4.78 is 11.1. The Morgan fingerprint density at radius 1 is 1.23 bits per heavy atom. The maximum atomic E-state index is 12.8.